The Morgan fingerprint density at radius 3 is 2.62 bits per heavy atom. The van der Waals surface area contributed by atoms with E-state index in [9.17, 15) is 0 Å². The van der Waals surface area contributed by atoms with Crippen molar-refractivity contribution in [2.75, 3.05) is 17.7 Å². The molecule has 1 aliphatic carbocycles. The van der Waals surface area contributed by atoms with Crippen molar-refractivity contribution in [3.05, 3.63) is 24.3 Å². The zero-order chi connectivity index (χ0) is 9.31. The first-order chi connectivity index (χ1) is 6.26. The predicted molar refractivity (Wildman–Crippen MR) is 53.5 cm³/mol. The second-order valence-electron chi connectivity index (χ2n) is 3.65. The fourth-order valence-electron chi connectivity index (χ4n) is 1.37. The summed E-state index contributed by atoms with van der Waals surface area (Å²) in [6, 6.07) is 7.63. The minimum absolute atomic E-state index is 0.0878. The van der Waals surface area contributed by atoms with Gasteiger partial charge in [-0.05, 0) is 25.0 Å². The molecule has 0 heterocycles. The number of anilines is 2. The number of para-hydroxylation sites is 2. The topological polar surface area (TPSA) is 58.3 Å². The lowest BCUT2D eigenvalue weighted by molar-refractivity contribution is 0.266. The van der Waals surface area contributed by atoms with Crippen LogP contribution in [-0.2, 0) is 0 Å². The van der Waals surface area contributed by atoms with Gasteiger partial charge in [-0.1, -0.05) is 12.1 Å². The number of benzene rings is 1. The zero-order valence-corrected chi connectivity index (χ0v) is 7.46. The van der Waals surface area contributed by atoms with Crippen molar-refractivity contribution in [1.29, 1.82) is 0 Å². The van der Waals surface area contributed by atoms with Gasteiger partial charge >= 0.3 is 0 Å². The van der Waals surface area contributed by atoms with Crippen LogP contribution in [0.1, 0.15) is 12.8 Å². The van der Waals surface area contributed by atoms with Crippen LogP contribution >= 0.6 is 0 Å². The van der Waals surface area contributed by atoms with E-state index in [4.69, 9.17) is 10.8 Å². The molecule has 4 N–H and O–H groups in total. The highest BCUT2D eigenvalue weighted by molar-refractivity contribution is 5.67. The largest absolute Gasteiger partial charge is 0.397 e. The van der Waals surface area contributed by atoms with E-state index in [2.05, 4.69) is 5.32 Å². The molecule has 0 spiro atoms. The Hall–Kier alpha value is -1.22. The van der Waals surface area contributed by atoms with Gasteiger partial charge in [-0.15, -0.1) is 0 Å². The molecule has 1 aromatic rings. The predicted octanol–water partition coefficient (Wildman–Crippen LogP) is 1.21. The summed E-state index contributed by atoms with van der Waals surface area (Å²) in [5.74, 6) is 0. The second-order valence-corrected chi connectivity index (χ2v) is 3.65. The van der Waals surface area contributed by atoms with Crippen molar-refractivity contribution in [1.82, 2.24) is 0 Å². The van der Waals surface area contributed by atoms with Gasteiger partial charge in [-0.3, -0.25) is 0 Å². The van der Waals surface area contributed by atoms with Gasteiger partial charge in [0.2, 0.25) is 0 Å². The highest BCUT2D eigenvalue weighted by atomic mass is 16.3. The van der Waals surface area contributed by atoms with E-state index in [0.29, 0.717) is 0 Å². The summed E-state index contributed by atoms with van der Waals surface area (Å²) in [6.07, 6.45) is 2.05. The summed E-state index contributed by atoms with van der Waals surface area (Å²) >= 11 is 0. The molecular weight excluding hydrogens is 164 g/mol. The fraction of sp³-hybridized carbons (Fsp3) is 0.400. The number of aliphatic hydroxyl groups excluding tert-OH is 1. The van der Waals surface area contributed by atoms with E-state index in [1.807, 2.05) is 24.3 Å². The van der Waals surface area contributed by atoms with E-state index in [-0.39, 0.29) is 12.1 Å². The first-order valence-corrected chi connectivity index (χ1v) is 4.49. The van der Waals surface area contributed by atoms with Crippen molar-refractivity contribution in [2.45, 2.75) is 18.4 Å². The van der Waals surface area contributed by atoms with Gasteiger partial charge in [0.05, 0.1) is 23.5 Å². The second kappa shape index (κ2) is 2.92. The zero-order valence-electron chi connectivity index (χ0n) is 7.46. The molecule has 1 aromatic carbocycles. The molecule has 0 amide bonds. The Morgan fingerprint density at radius 2 is 2.08 bits per heavy atom. The molecule has 3 nitrogen and oxygen atoms in total. The summed E-state index contributed by atoms with van der Waals surface area (Å²) in [5.41, 5.74) is 7.34. The van der Waals surface area contributed by atoms with Crippen LogP contribution in [-0.4, -0.2) is 17.3 Å². The van der Waals surface area contributed by atoms with E-state index in [1.54, 1.807) is 0 Å². The van der Waals surface area contributed by atoms with Crippen LogP contribution in [0.3, 0.4) is 0 Å². The van der Waals surface area contributed by atoms with Crippen molar-refractivity contribution in [3.63, 3.8) is 0 Å². The molecule has 0 atom stereocenters. The molecular formula is C10H14N2O. The molecule has 0 unspecified atom stereocenters. The average Bonchev–Trinajstić information content (AvgIpc) is 2.90. The first kappa shape index (κ1) is 8.38. The number of nitrogens with one attached hydrogen (secondary N) is 1. The molecule has 70 valence electrons. The van der Waals surface area contributed by atoms with Crippen LogP contribution in [0.4, 0.5) is 11.4 Å². The van der Waals surface area contributed by atoms with E-state index < -0.39 is 0 Å². The Morgan fingerprint density at radius 1 is 1.38 bits per heavy atom. The molecule has 0 radical (unpaired) electrons. The molecule has 13 heavy (non-hydrogen) atoms. The maximum Gasteiger partial charge on any atom is 0.0661 e. The lowest BCUT2D eigenvalue weighted by Crippen LogP contribution is -2.25. The summed E-state index contributed by atoms with van der Waals surface area (Å²) in [7, 11) is 0. The quantitative estimate of drug-likeness (QED) is 0.610. The Labute approximate surface area is 77.6 Å². The Bertz CT molecular complexity index is 308. The molecule has 0 bridgehead atoms. The standard InChI is InChI=1S/C10H14N2O/c11-8-3-1-2-4-9(8)12-10(7-13)5-6-10/h1-4,12-13H,5-7,11H2. The Balaban J connectivity index is 2.14. The summed E-state index contributed by atoms with van der Waals surface area (Å²) in [6.45, 7) is 0.182. The number of aliphatic hydroxyl groups is 1. The lowest BCUT2D eigenvalue weighted by atomic mass is 10.2. The number of hydrogen-bond donors (Lipinski definition) is 3. The van der Waals surface area contributed by atoms with Gasteiger partial charge in [0.15, 0.2) is 0 Å². The third-order valence-electron chi connectivity index (χ3n) is 2.52. The monoisotopic (exact) mass is 178 g/mol. The van der Waals surface area contributed by atoms with Gasteiger partial charge in [0.25, 0.3) is 0 Å². The third kappa shape index (κ3) is 1.60. The maximum absolute atomic E-state index is 9.11. The maximum atomic E-state index is 9.11. The highest BCUT2D eigenvalue weighted by Gasteiger charge is 2.42. The smallest absolute Gasteiger partial charge is 0.0661 e. The van der Waals surface area contributed by atoms with Crippen LogP contribution in [0.2, 0.25) is 0 Å². The number of nitrogen functional groups attached to an aromatic ring is 1. The van der Waals surface area contributed by atoms with E-state index in [0.717, 1.165) is 24.2 Å². The van der Waals surface area contributed by atoms with Gasteiger partial charge in [0, 0.05) is 0 Å². The molecule has 1 aliphatic rings. The van der Waals surface area contributed by atoms with Crippen LogP contribution in [0, 0.1) is 0 Å². The number of nitrogens with two attached hydrogens (primary N) is 1. The summed E-state index contributed by atoms with van der Waals surface area (Å²) < 4.78 is 0. The SMILES string of the molecule is Nc1ccccc1NC1(CO)CC1. The number of hydrogen-bond acceptors (Lipinski definition) is 3. The van der Waals surface area contributed by atoms with Crippen molar-refractivity contribution >= 4 is 11.4 Å². The highest BCUT2D eigenvalue weighted by Crippen LogP contribution is 2.39. The van der Waals surface area contributed by atoms with Gasteiger partial charge < -0.3 is 16.2 Å². The molecule has 0 aromatic heterocycles. The third-order valence-corrected chi connectivity index (χ3v) is 2.52. The molecule has 0 aliphatic heterocycles. The van der Waals surface area contributed by atoms with Crippen molar-refractivity contribution in [3.8, 4) is 0 Å². The van der Waals surface area contributed by atoms with E-state index in [1.165, 1.54) is 0 Å². The van der Waals surface area contributed by atoms with Gasteiger partial charge in [-0.25, -0.2) is 0 Å². The number of rotatable bonds is 3. The average molecular weight is 178 g/mol. The molecule has 1 fully saturated rings. The van der Waals surface area contributed by atoms with Crippen LogP contribution in [0.5, 0.6) is 0 Å². The van der Waals surface area contributed by atoms with Gasteiger partial charge in [-0.2, -0.15) is 0 Å². The van der Waals surface area contributed by atoms with Crippen molar-refractivity contribution < 1.29 is 5.11 Å². The summed E-state index contributed by atoms with van der Waals surface area (Å²) in [5, 5.41) is 12.4. The van der Waals surface area contributed by atoms with Crippen molar-refractivity contribution in [2.24, 2.45) is 0 Å². The van der Waals surface area contributed by atoms with Crippen LogP contribution in [0.25, 0.3) is 0 Å². The molecule has 0 saturated heterocycles. The van der Waals surface area contributed by atoms with Gasteiger partial charge in [0.1, 0.15) is 0 Å². The molecule has 1 saturated carbocycles. The van der Waals surface area contributed by atoms with E-state index >= 15 is 0 Å². The lowest BCUT2D eigenvalue weighted by Gasteiger charge is -2.17. The minimum atomic E-state index is -0.0878. The molecule has 2 rings (SSSR count). The normalized spacial score (nSPS) is 18.2. The summed E-state index contributed by atoms with van der Waals surface area (Å²) in [4.78, 5) is 0. The fourth-order valence-corrected chi connectivity index (χ4v) is 1.37. The van der Waals surface area contributed by atoms with Crippen LogP contribution in [0.15, 0.2) is 24.3 Å². The Kier molecular flexibility index (Phi) is 1.88. The van der Waals surface area contributed by atoms with Crippen LogP contribution < -0.4 is 11.1 Å². The first-order valence-electron chi connectivity index (χ1n) is 4.49. The molecule has 3 heteroatoms. The minimum Gasteiger partial charge on any atom is -0.397 e.